The molecular weight excluding hydrogens is 529 g/mol. The molecule has 0 radical (unpaired) electrons. The number of carbonyl (C=O) groups excluding carboxylic acids is 2. The molecule has 10 heteroatoms. The Morgan fingerprint density at radius 2 is 1.63 bits per heavy atom. The summed E-state index contributed by atoms with van der Waals surface area (Å²) in [5, 5.41) is 2.82. The van der Waals surface area contributed by atoms with Crippen molar-refractivity contribution >= 4 is 48.4 Å². The summed E-state index contributed by atoms with van der Waals surface area (Å²) in [5.74, 6) is 1.46. The maximum Gasteiger partial charge on any atom is 0.508 e. The molecule has 214 valence electrons. The Hall–Kier alpha value is -1.90. The molecule has 1 aromatic rings. The van der Waals surface area contributed by atoms with Crippen molar-refractivity contribution in [3.05, 3.63) is 24.3 Å². The number of carbonyl (C=O) groups is 2. The zero-order chi connectivity index (χ0) is 25.7. The van der Waals surface area contributed by atoms with Crippen LogP contribution < -0.4 is 16.8 Å². The van der Waals surface area contributed by atoms with Crippen molar-refractivity contribution in [1.29, 1.82) is 0 Å². The van der Waals surface area contributed by atoms with E-state index in [4.69, 9.17) is 25.7 Å². The van der Waals surface area contributed by atoms with Crippen LogP contribution in [0.1, 0.15) is 71.6 Å². The van der Waals surface area contributed by atoms with E-state index in [2.05, 4.69) is 19.2 Å². The minimum atomic E-state index is -0.609. The number of nitrogen functional groups attached to an aromatic ring is 1. The first-order valence-electron chi connectivity index (χ1n) is 13.5. The molecule has 1 amide bonds. The predicted molar refractivity (Wildman–Crippen MR) is 152 cm³/mol. The molecule has 0 aromatic heterocycles. The standard InChI is InChI=1S/C28H41N3O5.2ClH/c1-26-13-10-20(35-24(32)31-19-7-5-18(29)6-8-19)16-17(26)4-9-22-21(26)11-14-27(2)23(36-25(33)34-3)12-15-28(22,27)30;;/h5-8,17,20-23H,4,9-16,29-30H2,1-3H3,(H,31,32);2*1H/t17-,20?,21+,22-,23+,26+,27-,28+;;/m1../s1. The Kier molecular flexibility index (Phi) is 9.11. The molecule has 5 N–H and O–H groups in total. The third kappa shape index (κ3) is 5.04. The smallest absolute Gasteiger partial charge is 0.446 e. The van der Waals surface area contributed by atoms with E-state index in [0.29, 0.717) is 29.1 Å². The number of nitrogens with one attached hydrogen (secondary N) is 1. The van der Waals surface area contributed by atoms with Crippen LogP contribution in [0.25, 0.3) is 0 Å². The normalized spacial score (nSPS) is 39.1. The minimum absolute atomic E-state index is 0. The number of hydrogen-bond acceptors (Lipinski definition) is 7. The van der Waals surface area contributed by atoms with Crippen LogP contribution in [0.15, 0.2) is 24.3 Å². The lowest BCUT2D eigenvalue weighted by Gasteiger charge is -2.64. The molecule has 1 unspecified atom stereocenters. The number of benzene rings is 1. The number of halogens is 2. The number of anilines is 2. The fourth-order valence-corrected chi connectivity index (χ4v) is 8.56. The summed E-state index contributed by atoms with van der Waals surface area (Å²) in [6.07, 6.45) is 7.43. The van der Waals surface area contributed by atoms with Gasteiger partial charge in [-0.15, -0.1) is 24.8 Å². The first kappa shape index (κ1) is 30.6. The second kappa shape index (κ2) is 11.3. The summed E-state index contributed by atoms with van der Waals surface area (Å²) in [7, 11) is 1.36. The summed E-state index contributed by atoms with van der Waals surface area (Å²) >= 11 is 0. The molecule has 4 aliphatic rings. The van der Waals surface area contributed by atoms with Crippen molar-refractivity contribution < 1.29 is 23.8 Å². The number of hydrogen-bond donors (Lipinski definition) is 3. The van der Waals surface area contributed by atoms with Gasteiger partial charge in [-0.1, -0.05) is 13.8 Å². The van der Waals surface area contributed by atoms with E-state index in [1.165, 1.54) is 7.11 Å². The number of rotatable bonds is 3. The second-order valence-corrected chi connectivity index (χ2v) is 12.1. The van der Waals surface area contributed by atoms with Gasteiger partial charge in [0.1, 0.15) is 12.2 Å². The fourth-order valence-electron chi connectivity index (χ4n) is 8.56. The summed E-state index contributed by atoms with van der Waals surface area (Å²) in [6, 6.07) is 7.07. The number of amides is 1. The maximum absolute atomic E-state index is 12.5. The van der Waals surface area contributed by atoms with E-state index >= 15 is 0 Å². The van der Waals surface area contributed by atoms with Crippen LogP contribution in [-0.4, -0.2) is 37.1 Å². The Morgan fingerprint density at radius 3 is 2.32 bits per heavy atom. The largest absolute Gasteiger partial charge is 0.508 e. The molecular formula is C28H43Cl2N3O5. The van der Waals surface area contributed by atoms with Gasteiger partial charge in [-0.3, -0.25) is 5.32 Å². The second-order valence-electron chi connectivity index (χ2n) is 12.1. The highest BCUT2D eigenvalue weighted by Gasteiger charge is 2.67. The summed E-state index contributed by atoms with van der Waals surface area (Å²) < 4.78 is 16.4. The zero-order valence-corrected chi connectivity index (χ0v) is 24.2. The average Bonchev–Trinajstić information content (AvgIpc) is 3.11. The van der Waals surface area contributed by atoms with Crippen LogP contribution in [0, 0.1) is 28.6 Å². The topological polar surface area (TPSA) is 126 Å². The molecule has 8 nitrogen and oxygen atoms in total. The third-order valence-electron chi connectivity index (χ3n) is 10.7. The van der Waals surface area contributed by atoms with Gasteiger partial charge >= 0.3 is 12.2 Å². The van der Waals surface area contributed by atoms with Crippen molar-refractivity contribution in [2.45, 2.75) is 89.4 Å². The highest BCUT2D eigenvalue weighted by atomic mass is 35.5. The van der Waals surface area contributed by atoms with Gasteiger partial charge in [-0.25, -0.2) is 9.59 Å². The third-order valence-corrected chi connectivity index (χ3v) is 10.7. The van der Waals surface area contributed by atoms with E-state index < -0.39 is 12.2 Å². The van der Waals surface area contributed by atoms with Crippen LogP contribution in [0.2, 0.25) is 0 Å². The summed E-state index contributed by atoms with van der Waals surface area (Å²) in [4.78, 5) is 24.4. The van der Waals surface area contributed by atoms with Crippen LogP contribution in [0.3, 0.4) is 0 Å². The molecule has 38 heavy (non-hydrogen) atoms. The van der Waals surface area contributed by atoms with E-state index in [-0.39, 0.29) is 53.4 Å². The maximum atomic E-state index is 12.5. The van der Waals surface area contributed by atoms with Gasteiger partial charge < -0.3 is 25.7 Å². The first-order chi connectivity index (χ1) is 17.1. The average molecular weight is 573 g/mol. The van der Waals surface area contributed by atoms with Crippen LogP contribution >= 0.6 is 24.8 Å². The molecule has 1 aromatic carbocycles. The molecule has 4 aliphatic carbocycles. The quantitative estimate of drug-likeness (QED) is 0.286. The molecule has 0 heterocycles. The fraction of sp³-hybridized carbons (Fsp3) is 0.714. The Labute approximate surface area is 238 Å². The van der Waals surface area contributed by atoms with Crippen molar-refractivity contribution in [3.63, 3.8) is 0 Å². The van der Waals surface area contributed by atoms with Crippen LogP contribution in [0.4, 0.5) is 21.0 Å². The van der Waals surface area contributed by atoms with Gasteiger partial charge in [0, 0.05) is 22.3 Å². The van der Waals surface area contributed by atoms with Gasteiger partial charge in [-0.2, -0.15) is 0 Å². The molecule has 0 aliphatic heterocycles. The van der Waals surface area contributed by atoms with Gasteiger partial charge in [-0.05, 0) is 105 Å². The number of fused-ring (bicyclic) bond motifs is 5. The Balaban J connectivity index is 0.00000200. The Bertz CT molecular complexity index is 1010. The Morgan fingerprint density at radius 1 is 0.921 bits per heavy atom. The molecule has 0 spiro atoms. The van der Waals surface area contributed by atoms with Crippen molar-refractivity contribution in [2.75, 3.05) is 18.2 Å². The number of nitrogens with two attached hydrogens (primary N) is 2. The summed E-state index contributed by atoms with van der Waals surface area (Å²) in [5.41, 5.74) is 14.0. The lowest BCUT2D eigenvalue weighted by Crippen LogP contribution is -2.67. The molecule has 8 atom stereocenters. The highest BCUT2D eigenvalue weighted by Crippen LogP contribution is 2.67. The van der Waals surface area contributed by atoms with Gasteiger partial charge in [0.15, 0.2) is 0 Å². The first-order valence-corrected chi connectivity index (χ1v) is 13.5. The minimum Gasteiger partial charge on any atom is -0.446 e. The molecule has 0 bridgehead atoms. The molecule has 4 saturated carbocycles. The van der Waals surface area contributed by atoms with Crippen LogP contribution in [0.5, 0.6) is 0 Å². The lowest BCUT2D eigenvalue weighted by molar-refractivity contribution is -0.145. The molecule has 5 rings (SSSR count). The predicted octanol–water partition coefficient (Wildman–Crippen LogP) is 6.31. The number of methoxy groups -OCH3 is 1. The monoisotopic (exact) mass is 571 g/mol. The van der Waals surface area contributed by atoms with Crippen molar-refractivity contribution in [1.82, 2.24) is 0 Å². The van der Waals surface area contributed by atoms with E-state index in [1.807, 2.05) is 0 Å². The molecule has 4 fully saturated rings. The van der Waals surface area contributed by atoms with Gasteiger partial charge in [0.2, 0.25) is 0 Å². The lowest BCUT2D eigenvalue weighted by atomic mass is 9.43. The van der Waals surface area contributed by atoms with Crippen molar-refractivity contribution in [2.24, 2.45) is 34.3 Å². The zero-order valence-electron chi connectivity index (χ0n) is 22.6. The van der Waals surface area contributed by atoms with Gasteiger partial charge in [0.25, 0.3) is 0 Å². The van der Waals surface area contributed by atoms with Crippen molar-refractivity contribution in [3.8, 4) is 0 Å². The van der Waals surface area contributed by atoms with Gasteiger partial charge in [0.05, 0.1) is 7.11 Å². The number of ether oxygens (including phenoxy) is 3. The van der Waals surface area contributed by atoms with E-state index in [1.54, 1.807) is 24.3 Å². The van der Waals surface area contributed by atoms with E-state index in [9.17, 15) is 9.59 Å². The SMILES string of the molecule is COC(=O)O[C@H]1CC[C@]2(N)[C@@H]3CC[C@@H]4CC(OC(=O)Nc5ccc(N)cc5)CC[C@]4(C)[C@H]3CC[C@]12C.Cl.Cl. The molecule has 0 saturated heterocycles. The van der Waals surface area contributed by atoms with E-state index in [0.717, 1.165) is 57.8 Å². The highest BCUT2D eigenvalue weighted by molar-refractivity contribution is 5.86. The summed E-state index contributed by atoms with van der Waals surface area (Å²) in [6.45, 7) is 4.67. The van der Waals surface area contributed by atoms with Crippen LogP contribution in [-0.2, 0) is 14.2 Å².